The molecule has 0 saturated carbocycles. The fourth-order valence-corrected chi connectivity index (χ4v) is 14.7. The van der Waals surface area contributed by atoms with Crippen LogP contribution in [0.3, 0.4) is 0 Å². The molecule has 9 aromatic rings. The lowest BCUT2D eigenvalue weighted by atomic mass is 9.97. The number of rotatable bonds is 16. The summed E-state index contributed by atoms with van der Waals surface area (Å²) in [5.41, 5.74) is 10.9. The molecular weight excluding hydrogens is 1320 g/mol. The number of hydrogen-bond acceptors (Lipinski definition) is 29. The van der Waals surface area contributed by atoms with Gasteiger partial charge in [0.25, 0.3) is 0 Å². The molecule has 484 valence electrons. The Morgan fingerprint density at radius 2 is 0.902 bits per heavy atom. The predicted molar refractivity (Wildman–Crippen MR) is 306 cm³/mol. The second-order valence-corrected chi connectivity index (χ2v) is 25.9. The Bertz CT molecular complexity index is 4640. The van der Waals surface area contributed by atoms with Gasteiger partial charge in [0.05, 0.1) is 81.5 Å². The summed E-state index contributed by atoms with van der Waals surface area (Å²) >= 11 is 4.05. The average molecular weight is 1370 g/mol. The normalized spacial score (nSPS) is 20.4. The molecule has 6 amide bonds. The van der Waals surface area contributed by atoms with Gasteiger partial charge in [-0.1, -0.05) is 21.5 Å². The minimum Gasteiger partial charge on any atom is -0.383 e. The smallest absolute Gasteiger partial charge is 0.383 e. The van der Waals surface area contributed by atoms with Crippen molar-refractivity contribution in [1.29, 1.82) is 0 Å². The number of aromatic nitrogens is 15. The van der Waals surface area contributed by atoms with E-state index in [1.807, 2.05) is 24.6 Å². The first-order valence-corrected chi connectivity index (χ1v) is 32.3. The molecule has 0 spiro atoms. The lowest BCUT2D eigenvalue weighted by Gasteiger charge is -2.30. The highest BCUT2D eigenvalue weighted by molar-refractivity contribution is 7.81. The molecule has 0 aliphatic carbocycles. The molecule has 4 N–H and O–H groups in total. The van der Waals surface area contributed by atoms with Crippen LogP contribution in [-0.4, -0.2) is 174 Å². The molecule has 92 heavy (non-hydrogen) atoms. The van der Waals surface area contributed by atoms with E-state index in [4.69, 9.17) is 33.2 Å². The van der Waals surface area contributed by atoms with E-state index in [1.165, 1.54) is 84.3 Å². The van der Waals surface area contributed by atoms with Crippen LogP contribution in [0.15, 0.2) is 75.3 Å². The molecule has 6 aliphatic rings. The van der Waals surface area contributed by atoms with Crippen LogP contribution in [0.2, 0.25) is 0 Å². The van der Waals surface area contributed by atoms with Crippen LogP contribution in [0.25, 0.3) is 0 Å². The fraction of sp³-hybridized carbons (Fsp3) is 0.383. The van der Waals surface area contributed by atoms with Gasteiger partial charge in [0.1, 0.15) is 57.1 Å². The Labute approximate surface area is 526 Å². The Kier molecular flexibility index (Phi) is 15.3. The third-order valence-electron chi connectivity index (χ3n) is 15.4. The molecule has 6 atom stereocenters. The maximum absolute atomic E-state index is 13.1. The van der Waals surface area contributed by atoms with Crippen LogP contribution in [0.1, 0.15) is 114 Å². The van der Waals surface area contributed by atoms with Gasteiger partial charge in [0.2, 0.25) is 0 Å². The van der Waals surface area contributed by atoms with E-state index in [0.717, 1.165) is 27.7 Å². The highest BCUT2D eigenvalue weighted by Crippen LogP contribution is 2.49. The van der Waals surface area contributed by atoms with E-state index in [1.54, 1.807) is 48.4 Å². The molecule has 6 bridgehead atoms. The maximum Gasteiger partial charge on any atom is 0.442 e. The van der Waals surface area contributed by atoms with Crippen LogP contribution >= 0.6 is 34.0 Å². The van der Waals surface area contributed by atoms with Crippen molar-refractivity contribution in [3.05, 3.63) is 157 Å². The van der Waals surface area contributed by atoms with Gasteiger partial charge in [-0.3, -0.25) is 55.3 Å². The van der Waals surface area contributed by atoms with Crippen molar-refractivity contribution >= 4 is 78.7 Å². The maximum atomic E-state index is 13.1. The Morgan fingerprint density at radius 1 is 0.565 bits per heavy atom. The fourth-order valence-electron chi connectivity index (χ4n) is 11.8. The monoisotopic (exact) mass is 1370 g/mol. The summed E-state index contributed by atoms with van der Waals surface area (Å²) in [6.45, 7) is 8.26. The third kappa shape index (κ3) is 10.7. The van der Waals surface area contributed by atoms with Crippen LogP contribution < -0.4 is 23.0 Å². The highest BCUT2D eigenvalue weighted by Gasteiger charge is 2.56. The quantitative estimate of drug-likeness (QED) is 0.0883. The number of hydrogen-bond donors (Lipinski definition) is 3. The van der Waals surface area contributed by atoms with Crippen molar-refractivity contribution in [2.24, 2.45) is 21.1 Å². The number of aryl methyl sites for hydroxylation is 5. The first-order valence-electron chi connectivity index (χ1n) is 26.9. The molecule has 3 saturated heterocycles. The highest BCUT2D eigenvalue weighted by atomic mass is 32.3. The van der Waals surface area contributed by atoms with Gasteiger partial charge in [0, 0.05) is 65.4 Å². The van der Waals surface area contributed by atoms with E-state index < -0.39 is 80.3 Å². The first-order chi connectivity index (χ1) is 43.8. The second-order valence-electron chi connectivity index (χ2n) is 21.1. The molecule has 0 aromatic carbocycles. The number of thiazole rings is 3. The van der Waals surface area contributed by atoms with Crippen LogP contribution in [0, 0.1) is 13.8 Å². The molecule has 45 heteroatoms. The van der Waals surface area contributed by atoms with Gasteiger partial charge in [0.15, 0.2) is 17.5 Å². The number of anilines is 1. The Balaban J connectivity index is 0.000000126. The SMILES string of the molecule is C=CCON1C(=O)N2C[C@H]1c1cnn(C)c1[C@H]2c1noc(=O)n1Cc1nc(C)cs1.Cc1csc(Cn2c([C@@H]3c4c(cnn4C)[C@@H]4CN3C(=O)N4OS(=O)(=O)O)noc2=O)n1.Cn1ncc2c1[C@@H](c1noc(=O)n1Cc1nc(N)cs1)N1C[C@@H]2N(OS(=O)(=O)O)C1=O. The number of hydroxylamine groups is 6. The summed E-state index contributed by atoms with van der Waals surface area (Å²) in [6, 6.07) is -6.44. The molecule has 0 radical (unpaired) electrons. The van der Waals surface area contributed by atoms with Gasteiger partial charge in [-0.25, -0.2) is 43.7 Å². The van der Waals surface area contributed by atoms with Gasteiger partial charge < -0.3 is 20.4 Å². The third-order valence-corrected chi connectivity index (χ3v) is 18.9. The Hall–Kier alpha value is -9.61. The zero-order valence-corrected chi connectivity index (χ0v) is 52.2. The molecule has 15 heterocycles. The number of nitrogens with zero attached hydrogens (tertiary/aromatic N) is 21. The molecule has 0 unspecified atom stereocenters. The number of nitrogen functional groups attached to an aromatic ring is 1. The zero-order chi connectivity index (χ0) is 65.1. The lowest BCUT2D eigenvalue weighted by Crippen LogP contribution is -2.38. The van der Waals surface area contributed by atoms with Crippen molar-refractivity contribution in [2.75, 3.05) is 32.0 Å². The number of carbonyl (C=O) groups is 3. The van der Waals surface area contributed by atoms with Gasteiger partial charge in [-0.15, -0.1) is 49.2 Å². The lowest BCUT2D eigenvalue weighted by molar-refractivity contribution is -0.118. The number of nitrogens with two attached hydrogens (primary N) is 1. The summed E-state index contributed by atoms with van der Waals surface area (Å²) < 4.78 is 95.6. The van der Waals surface area contributed by atoms with Crippen molar-refractivity contribution in [3.63, 3.8) is 0 Å². The van der Waals surface area contributed by atoms with E-state index in [9.17, 15) is 45.6 Å². The van der Waals surface area contributed by atoms with Crippen molar-refractivity contribution in [2.45, 2.75) is 69.7 Å². The zero-order valence-electron chi connectivity index (χ0n) is 48.1. The molecule has 9 aromatic heterocycles. The molecule has 40 nitrogen and oxygen atoms in total. The van der Waals surface area contributed by atoms with E-state index in [-0.39, 0.29) is 63.1 Å². The van der Waals surface area contributed by atoms with Gasteiger partial charge >= 0.3 is 56.2 Å². The molecular formula is C47H48N22O18S5. The first kappa shape index (κ1) is 61.3. The number of urea groups is 3. The number of fused-ring (bicyclic) bond motifs is 12. The van der Waals surface area contributed by atoms with Crippen molar-refractivity contribution < 1.29 is 67.3 Å². The second kappa shape index (κ2) is 22.9. The number of carbonyl (C=O) groups excluding carboxylic acids is 3. The topological polar surface area (TPSA) is 469 Å². The van der Waals surface area contributed by atoms with Crippen molar-refractivity contribution in [3.8, 4) is 0 Å². The van der Waals surface area contributed by atoms with E-state index in [2.05, 4.69) is 60.9 Å². The standard InChI is InChI=1S/C18H19N7O4S.C15H15N7O7S2.C14H14N8O7S2/c1-4-5-28-25-12-7-23(17(25)26)15(14-11(12)6-19-22(14)3)16-21-29-18(27)24(16)8-13-20-10(2)9-30-13;1-7-6-30-10(17-7)5-21-13(18-28-15(21)24)12-11-8(3-16-19(11)2)9-4-20(12)14(23)22(9)29-31(25,26)27;1-19-10-6(2-16-19)7-3-20(13(23)22(7)29-31(25,26)27)11(10)12-18-28-14(24)21(12)4-9-17-8(15)5-30-9/h4,6,9,12,15H,1,5,7-8H2,2-3H3;3,6,9,12H,4-5H2,1-2H3,(H,25,26,27);2,5,7,11H,3-4,15H2,1H3,(H,25,26,27)/t12-,15-;9-,12-;7-,11-/m000/s1. The minimum absolute atomic E-state index is 0.0000886. The van der Waals surface area contributed by atoms with Crippen LogP contribution in [-0.2, 0) is 75.0 Å². The van der Waals surface area contributed by atoms with Gasteiger partial charge in [-0.05, 0) is 13.8 Å². The number of amides is 6. The van der Waals surface area contributed by atoms with E-state index >= 15 is 0 Å². The van der Waals surface area contributed by atoms with Crippen LogP contribution in [0.4, 0.5) is 20.2 Å². The summed E-state index contributed by atoms with van der Waals surface area (Å²) in [5, 5.41) is 34.3. The van der Waals surface area contributed by atoms with Crippen molar-refractivity contribution in [1.82, 2.24) is 103 Å². The molecule has 3 fully saturated rings. The van der Waals surface area contributed by atoms with E-state index in [0.29, 0.717) is 60.8 Å². The molecule has 6 aliphatic heterocycles. The van der Waals surface area contributed by atoms with Crippen LogP contribution in [0.5, 0.6) is 0 Å². The largest absolute Gasteiger partial charge is 0.442 e. The summed E-state index contributed by atoms with van der Waals surface area (Å²) in [6.07, 6.45) is 6.22. The predicted octanol–water partition coefficient (Wildman–Crippen LogP) is 0.654. The minimum atomic E-state index is -4.96. The van der Waals surface area contributed by atoms with Gasteiger partial charge in [-0.2, -0.15) is 47.3 Å². The summed E-state index contributed by atoms with van der Waals surface area (Å²) in [7, 11) is -4.84. The molecule has 15 rings (SSSR count). The summed E-state index contributed by atoms with van der Waals surface area (Å²) in [4.78, 5) is 99.0. The average Bonchev–Trinajstić information content (AvgIpc) is 1.58. The summed E-state index contributed by atoms with van der Waals surface area (Å²) in [5.74, 6) is -1.26. The Morgan fingerprint density at radius 3 is 1.22 bits per heavy atom.